The fourth-order valence-electron chi connectivity index (χ4n) is 1.77. The standard InChI is InChI=1S/C14H13N3O4S/c1-4-20-14(19)11-8(3)9(6-15)13(22-11)16-12(18)10-5-7(2)21-17-10/h5H,4H2,1-3H3,(H,16,18). The van der Waals surface area contributed by atoms with Gasteiger partial charge in [-0.25, -0.2) is 4.79 Å². The molecule has 114 valence electrons. The monoisotopic (exact) mass is 319 g/mol. The van der Waals surface area contributed by atoms with Crippen molar-refractivity contribution in [3.63, 3.8) is 0 Å². The molecular weight excluding hydrogens is 306 g/mol. The number of nitriles is 1. The number of carbonyl (C=O) groups excluding carboxylic acids is 2. The third-order valence-electron chi connectivity index (χ3n) is 2.81. The number of amides is 1. The van der Waals surface area contributed by atoms with Gasteiger partial charge < -0.3 is 14.6 Å². The van der Waals surface area contributed by atoms with Crippen LogP contribution >= 0.6 is 11.3 Å². The topological polar surface area (TPSA) is 105 Å². The van der Waals surface area contributed by atoms with Crippen molar-refractivity contribution in [1.29, 1.82) is 5.26 Å². The Kier molecular flexibility index (Phi) is 4.58. The highest BCUT2D eigenvalue weighted by atomic mass is 32.1. The summed E-state index contributed by atoms with van der Waals surface area (Å²) < 4.78 is 9.77. The molecule has 1 N–H and O–H groups in total. The van der Waals surface area contributed by atoms with Crippen molar-refractivity contribution < 1.29 is 18.8 Å². The largest absolute Gasteiger partial charge is 0.462 e. The first-order valence-corrected chi connectivity index (χ1v) is 7.24. The summed E-state index contributed by atoms with van der Waals surface area (Å²) in [6, 6.07) is 3.47. The van der Waals surface area contributed by atoms with Crippen molar-refractivity contribution in [3.8, 4) is 6.07 Å². The van der Waals surface area contributed by atoms with E-state index in [0.29, 0.717) is 16.2 Å². The second kappa shape index (κ2) is 6.41. The quantitative estimate of drug-likeness (QED) is 0.868. The minimum absolute atomic E-state index is 0.102. The van der Waals surface area contributed by atoms with Crippen LogP contribution in [0.15, 0.2) is 10.6 Å². The van der Waals surface area contributed by atoms with Crippen molar-refractivity contribution >= 4 is 28.2 Å². The summed E-state index contributed by atoms with van der Waals surface area (Å²) in [5.41, 5.74) is 0.823. The van der Waals surface area contributed by atoms with Gasteiger partial charge in [-0.05, 0) is 26.3 Å². The lowest BCUT2D eigenvalue weighted by atomic mass is 10.2. The summed E-state index contributed by atoms with van der Waals surface area (Å²) in [4.78, 5) is 24.2. The van der Waals surface area contributed by atoms with Gasteiger partial charge in [-0.15, -0.1) is 11.3 Å². The van der Waals surface area contributed by atoms with Crippen LogP contribution < -0.4 is 5.32 Å². The Morgan fingerprint density at radius 1 is 1.50 bits per heavy atom. The first kappa shape index (κ1) is 15.7. The van der Waals surface area contributed by atoms with Crippen LogP contribution in [0, 0.1) is 25.2 Å². The molecule has 0 aliphatic rings. The van der Waals surface area contributed by atoms with Crippen molar-refractivity contribution in [2.45, 2.75) is 20.8 Å². The molecule has 1 amide bonds. The van der Waals surface area contributed by atoms with Crippen LogP contribution in [0.2, 0.25) is 0 Å². The molecule has 0 radical (unpaired) electrons. The van der Waals surface area contributed by atoms with Crippen LogP contribution in [0.4, 0.5) is 5.00 Å². The zero-order valence-corrected chi connectivity index (χ0v) is 13.0. The number of rotatable bonds is 4. The lowest BCUT2D eigenvalue weighted by Crippen LogP contribution is -2.12. The van der Waals surface area contributed by atoms with Gasteiger partial charge >= 0.3 is 5.97 Å². The predicted molar refractivity (Wildman–Crippen MR) is 78.9 cm³/mol. The maximum atomic E-state index is 12.1. The van der Waals surface area contributed by atoms with E-state index in [-0.39, 0.29) is 22.9 Å². The van der Waals surface area contributed by atoms with Gasteiger partial charge in [0.2, 0.25) is 0 Å². The molecule has 7 nitrogen and oxygen atoms in total. The molecule has 0 saturated heterocycles. The molecule has 2 aromatic rings. The second-order valence-corrected chi connectivity index (χ2v) is 5.39. The molecule has 0 unspecified atom stereocenters. The first-order chi connectivity index (χ1) is 10.5. The summed E-state index contributed by atoms with van der Waals surface area (Å²) in [6.45, 7) is 5.23. The summed E-state index contributed by atoms with van der Waals surface area (Å²) in [6.07, 6.45) is 0. The van der Waals surface area contributed by atoms with Crippen molar-refractivity contribution in [1.82, 2.24) is 5.16 Å². The summed E-state index contributed by atoms with van der Waals surface area (Å²) >= 11 is 1.00. The van der Waals surface area contributed by atoms with Gasteiger partial charge in [-0.3, -0.25) is 4.79 Å². The molecule has 2 aromatic heterocycles. The summed E-state index contributed by atoms with van der Waals surface area (Å²) in [7, 11) is 0. The molecule has 0 bridgehead atoms. The molecule has 0 fully saturated rings. The molecule has 2 heterocycles. The highest BCUT2D eigenvalue weighted by Gasteiger charge is 2.23. The van der Waals surface area contributed by atoms with E-state index in [1.165, 1.54) is 6.07 Å². The fourth-order valence-corrected chi connectivity index (χ4v) is 2.81. The summed E-state index contributed by atoms with van der Waals surface area (Å²) in [5, 5.41) is 15.7. The number of nitrogens with one attached hydrogen (secondary N) is 1. The van der Waals surface area contributed by atoms with E-state index in [1.54, 1.807) is 20.8 Å². The van der Waals surface area contributed by atoms with E-state index in [4.69, 9.17) is 9.26 Å². The Morgan fingerprint density at radius 2 is 2.23 bits per heavy atom. The molecule has 0 saturated carbocycles. The van der Waals surface area contributed by atoms with Gasteiger partial charge in [0, 0.05) is 6.07 Å². The van der Waals surface area contributed by atoms with E-state index in [9.17, 15) is 14.9 Å². The number of nitrogens with zero attached hydrogens (tertiary/aromatic N) is 2. The number of ether oxygens (including phenoxy) is 1. The van der Waals surface area contributed by atoms with Gasteiger partial charge in [-0.2, -0.15) is 5.26 Å². The summed E-state index contributed by atoms with van der Waals surface area (Å²) in [5.74, 6) is -0.524. The van der Waals surface area contributed by atoms with Gasteiger partial charge in [-0.1, -0.05) is 5.16 Å². The first-order valence-electron chi connectivity index (χ1n) is 6.43. The van der Waals surface area contributed by atoms with Crippen LogP contribution in [0.5, 0.6) is 0 Å². The Morgan fingerprint density at radius 3 is 2.77 bits per heavy atom. The minimum Gasteiger partial charge on any atom is -0.462 e. The number of hydrogen-bond donors (Lipinski definition) is 1. The average molecular weight is 319 g/mol. The molecule has 0 aliphatic heterocycles. The van der Waals surface area contributed by atoms with E-state index >= 15 is 0 Å². The maximum Gasteiger partial charge on any atom is 0.348 e. The fraction of sp³-hybridized carbons (Fsp3) is 0.286. The van der Waals surface area contributed by atoms with Gasteiger partial charge in [0.15, 0.2) is 5.69 Å². The average Bonchev–Trinajstić information content (AvgIpc) is 3.03. The third-order valence-corrected chi connectivity index (χ3v) is 3.99. The molecule has 2 rings (SSSR count). The van der Waals surface area contributed by atoms with Crippen LogP contribution in [-0.4, -0.2) is 23.6 Å². The Balaban J connectivity index is 2.31. The lowest BCUT2D eigenvalue weighted by molar-refractivity contribution is 0.0531. The zero-order chi connectivity index (χ0) is 16.3. The third kappa shape index (κ3) is 2.99. The van der Waals surface area contributed by atoms with E-state index in [2.05, 4.69) is 10.5 Å². The van der Waals surface area contributed by atoms with Crippen LogP contribution in [0.3, 0.4) is 0 Å². The van der Waals surface area contributed by atoms with E-state index in [1.807, 2.05) is 6.07 Å². The van der Waals surface area contributed by atoms with Crippen molar-refractivity contribution in [2.75, 3.05) is 11.9 Å². The number of esters is 1. The Hall–Kier alpha value is -2.66. The number of hydrogen-bond acceptors (Lipinski definition) is 7. The van der Waals surface area contributed by atoms with Crippen molar-refractivity contribution in [3.05, 3.63) is 33.5 Å². The second-order valence-electron chi connectivity index (χ2n) is 4.37. The minimum atomic E-state index is -0.515. The number of aryl methyl sites for hydroxylation is 1. The maximum absolute atomic E-state index is 12.1. The number of thiophene rings is 1. The van der Waals surface area contributed by atoms with Crippen LogP contribution in [0.1, 0.15) is 44.0 Å². The SMILES string of the molecule is CCOC(=O)c1sc(NC(=O)c2cc(C)on2)c(C#N)c1C. The van der Waals surface area contributed by atoms with Crippen LogP contribution in [-0.2, 0) is 4.74 Å². The smallest absolute Gasteiger partial charge is 0.348 e. The van der Waals surface area contributed by atoms with Gasteiger partial charge in [0.05, 0.1) is 12.2 Å². The molecule has 0 atom stereocenters. The predicted octanol–water partition coefficient (Wildman–Crippen LogP) is 2.65. The van der Waals surface area contributed by atoms with Crippen molar-refractivity contribution in [2.24, 2.45) is 0 Å². The zero-order valence-electron chi connectivity index (χ0n) is 12.2. The highest BCUT2D eigenvalue weighted by Crippen LogP contribution is 2.33. The number of carbonyl (C=O) groups is 2. The molecule has 8 heteroatoms. The van der Waals surface area contributed by atoms with Gasteiger partial charge in [0.25, 0.3) is 5.91 Å². The molecule has 0 aromatic carbocycles. The van der Waals surface area contributed by atoms with E-state index in [0.717, 1.165) is 11.3 Å². The Labute approximate surface area is 130 Å². The molecule has 22 heavy (non-hydrogen) atoms. The van der Waals surface area contributed by atoms with Crippen LogP contribution in [0.25, 0.3) is 0 Å². The molecule has 0 aliphatic carbocycles. The van der Waals surface area contributed by atoms with E-state index < -0.39 is 11.9 Å². The molecular formula is C14H13N3O4S. The number of anilines is 1. The Bertz CT molecular complexity index is 770. The molecule has 0 spiro atoms. The number of aromatic nitrogens is 1. The highest BCUT2D eigenvalue weighted by molar-refractivity contribution is 7.18. The lowest BCUT2D eigenvalue weighted by Gasteiger charge is -1.99. The van der Waals surface area contributed by atoms with Gasteiger partial charge in [0.1, 0.15) is 21.7 Å². The normalized spacial score (nSPS) is 10.1.